The molecule has 0 fully saturated rings. The number of hydrogen-bond acceptors (Lipinski definition) is 0. The SMILES string of the molecule is Cc1cccc2c1C=C[CH]2[Zr]([CH3])([CH3])(=[SiH2])[CH]1C=Cc2c(C)cccc21.Cl.Cl. The van der Waals surface area contributed by atoms with Gasteiger partial charge < -0.3 is 0 Å². The normalized spacial score (nSPS) is 20.2. The molecule has 4 heteroatoms. The van der Waals surface area contributed by atoms with E-state index in [-0.39, 0.29) is 24.8 Å². The van der Waals surface area contributed by atoms with Gasteiger partial charge in [0.2, 0.25) is 0 Å². The molecule has 0 saturated heterocycles. The van der Waals surface area contributed by atoms with Crippen LogP contribution in [-0.2, 0) is 17.4 Å². The Labute approximate surface area is 172 Å². The summed E-state index contributed by atoms with van der Waals surface area (Å²) in [4.78, 5) is 0. The summed E-state index contributed by atoms with van der Waals surface area (Å²) in [7, 11) is 0. The molecule has 0 heterocycles. The Morgan fingerprint density at radius 1 is 0.731 bits per heavy atom. The van der Waals surface area contributed by atoms with E-state index in [2.05, 4.69) is 90.7 Å². The van der Waals surface area contributed by atoms with Crippen LogP contribution >= 0.6 is 24.8 Å². The summed E-state index contributed by atoms with van der Waals surface area (Å²) in [5.41, 5.74) is 8.94. The van der Waals surface area contributed by atoms with E-state index in [0.717, 1.165) is 0 Å². The molecule has 0 saturated carbocycles. The molecule has 2 atom stereocenters. The second-order valence-electron chi connectivity index (χ2n) is 8.77. The van der Waals surface area contributed by atoms with Crippen molar-refractivity contribution in [1.82, 2.24) is 0 Å². The average molecular weight is 483 g/mol. The second kappa shape index (κ2) is 7.21. The Bertz CT molecular complexity index is 908. The van der Waals surface area contributed by atoms with Gasteiger partial charge in [-0.3, -0.25) is 0 Å². The molecule has 0 N–H and O–H groups in total. The molecule has 2 aromatic carbocycles. The van der Waals surface area contributed by atoms with Crippen LogP contribution in [0, 0.1) is 13.8 Å². The summed E-state index contributed by atoms with van der Waals surface area (Å²) >= 11 is -3.08. The van der Waals surface area contributed by atoms with Crippen LogP contribution < -0.4 is 0 Å². The topological polar surface area (TPSA) is 0 Å². The fraction of sp³-hybridized carbons (Fsp3) is 0.273. The van der Waals surface area contributed by atoms with Crippen LogP contribution in [0.25, 0.3) is 12.2 Å². The minimum Gasteiger partial charge on any atom is -0.147 e. The van der Waals surface area contributed by atoms with Gasteiger partial charge in [0.1, 0.15) is 0 Å². The summed E-state index contributed by atoms with van der Waals surface area (Å²) in [6.45, 7) is 6.87. The fourth-order valence-electron chi connectivity index (χ4n) is 4.84. The summed E-state index contributed by atoms with van der Waals surface area (Å²) in [6.07, 6.45) is 9.83. The molecule has 0 bridgehead atoms. The van der Waals surface area contributed by atoms with Crippen LogP contribution in [0.3, 0.4) is 0 Å². The number of allylic oxidation sites excluding steroid dienone is 2. The third kappa shape index (κ3) is 3.18. The molecule has 26 heavy (non-hydrogen) atoms. The standard InChI is InChI=1S/2C10H9.2CH3.2ClH.H2Si.Zr/c2*1-8-4-2-5-9-6-3-7-10(8)9;;;;;;/h2*2-7H,1H3;2*1H3;2*1H;1H2;. The van der Waals surface area contributed by atoms with Gasteiger partial charge in [0, 0.05) is 0 Å². The van der Waals surface area contributed by atoms with Gasteiger partial charge in [-0.05, 0) is 0 Å². The van der Waals surface area contributed by atoms with E-state index in [1.165, 1.54) is 22.3 Å². The van der Waals surface area contributed by atoms with Crippen molar-refractivity contribution in [2.75, 3.05) is 0 Å². The molecule has 0 spiro atoms. The molecule has 0 radical (unpaired) electrons. The van der Waals surface area contributed by atoms with Crippen molar-refractivity contribution in [3.8, 4) is 0 Å². The van der Waals surface area contributed by atoms with Crippen molar-refractivity contribution in [2.45, 2.75) is 30.4 Å². The zero-order valence-electron chi connectivity index (χ0n) is 16.0. The van der Waals surface area contributed by atoms with E-state index in [0.29, 0.717) is 7.25 Å². The maximum atomic E-state index is 2.67. The van der Waals surface area contributed by atoms with E-state index in [1.54, 1.807) is 11.1 Å². The molecule has 138 valence electrons. The van der Waals surface area contributed by atoms with E-state index < -0.39 is 17.4 Å². The predicted molar refractivity (Wildman–Crippen MR) is 121 cm³/mol. The molecule has 2 aliphatic carbocycles. The first-order chi connectivity index (χ1) is 11.3. The van der Waals surface area contributed by atoms with Gasteiger partial charge in [-0.2, -0.15) is 0 Å². The van der Waals surface area contributed by atoms with Crippen LogP contribution in [0.1, 0.15) is 40.6 Å². The molecule has 2 aromatic rings. The van der Waals surface area contributed by atoms with Crippen molar-refractivity contribution in [3.63, 3.8) is 0 Å². The Morgan fingerprint density at radius 2 is 1.12 bits per heavy atom. The zero-order valence-corrected chi connectivity index (χ0v) is 21.5. The summed E-state index contributed by atoms with van der Waals surface area (Å²) in [6, 6.07) is 13.7. The second-order valence-corrected chi connectivity index (χ2v) is 39.5. The summed E-state index contributed by atoms with van der Waals surface area (Å²) in [5.74, 6) is 0. The Kier molecular flexibility index (Phi) is 6.07. The van der Waals surface area contributed by atoms with Crippen LogP contribution in [0.2, 0.25) is 9.26 Å². The monoisotopic (exact) mass is 480 g/mol. The van der Waals surface area contributed by atoms with Crippen molar-refractivity contribution >= 4 is 43.8 Å². The largest absolute Gasteiger partial charge is 0.147 e. The Balaban J connectivity index is 0.00000121. The molecule has 4 rings (SSSR count). The molecule has 0 amide bonds. The van der Waals surface area contributed by atoms with E-state index >= 15 is 0 Å². The average Bonchev–Trinajstić information content (AvgIpc) is 3.12. The van der Waals surface area contributed by atoms with E-state index in [1.807, 2.05) is 0 Å². The first-order valence-electron chi connectivity index (χ1n) is 8.91. The third-order valence-electron chi connectivity index (χ3n) is 6.34. The summed E-state index contributed by atoms with van der Waals surface area (Å²) in [5, 5.41) is 0. The fourth-order valence-corrected chi connectivity index (χ4v) is 19.8. The van der Waals surface area contributed by atoms with Crippen LogP contribution in [0.5, 0.6) is 0 Å². The van der Waals surface area contributed by atoms with Crippen molar-refractivity contribution in [3.05, 3.63) is 81.9 Å². The predicted octanol–water partition coefficient (Wildman–Crippen LogP) is 6.32. The smallest absolute Gasteiger partial charge is 0.147 e. The molecular weight excluding hydrogens is 454 g/mol. The van der Waals surface area contributed by atoms with Gasteiger partial charge in [-0.15, -0.1) is 24.8 Å². The van der Waals surface area contributed by atoms with Gasteiger partial charge in [-0.25, -0.2) is 0 Å². The summed E-state index contributed by atoms with van der Waals surface area (Å²) < 4.78 is 6.61. The molecule has 2 unspecified atom stereocenters. The van der Waals surface area contributed by atoms with Gasteiger partial charge in [0.25, 0.3) is 0 Å². The van der Waals surface area contributed by atoms with E-state index in [4.69, 9.17) is 0 Å². The van der Waals surface area contributed by atoms with Gasteiger partial charge in [0.15, 0.2) is 0 Å². The quantitative estimate of drug-likeness (QED) is 0.440. The first-order valence-corrected chi connectivity index (χ1v) is 22.6. The number of aryl methyl sites for hydroxylation is 2. The third-order valence-corrected chi connectivity index (χ3v) is 24.1. The van der Waals surface area contributed by atoms with E-state index in [9.17, 15) is 0 Å². The molecule has 0 nitrogen and oxygen atoms in total. The van der Waals surface area contributed by atoms with Crippen molar-refractivity contribution in [2.24, 2.45) is 0 Å². The molecular formula is C22H28Cl2SiZr. The van der Waals surface area contributed by atoms with Crippen LogP contribution in [0.4, 0.5) is 0 Å². The minimum absolute atomic E-state index is 0. The first kappa shape index (κ1) is 21.9. The number of fused-ring (bicyclic) bond motifs is 2. The molecule has 0 aliphatic heterocycles. The van der Waals surface area contributed by atoms with Crippen molar-refractivity contribution < 1.29 is 17.4 Å². The maximum absolute atomic E-state index is 3.08. The van der Waals surface area contributed by atoms with Gasteiger partial charge in [-0.1, -0.05) is 0 Å². The van der Waals surface area contributed by atoms with Gasteiger partial charge in [0.05, 0.1) is 0 Å². The van der Waals surface area contributed by atoms with Crippen molar-refractivity contribution in [1.29, 1.82) is 0 Å². The Morgan fingerprint density at radius 3 is 1.50 bits per heavy atom. The number of rotatable bonds is 2. The number of hydrogen-bond donors (Lipinski definition) is 0. The maximum Gasteiger partial charge on any atom is -0.147 e. The van der Waals surface area contributed by atoms with Crippen LogP contribution in [0.15, 0.2) is 48.6 Å². The number of halogens is 2. The minimum atomic E-state index is -3.08. The zero-order chi connectivity index (χ0) is 17.1. The van der Waals surface area contributed by atoms with Crippen LogP contribution in [-0.4, -0.2) is 6.88 Å². The Hall–Kier alpha value is -0.400. The molecule has 0 aromatic heterocycles. The molecule has 2 aliphatic rings. The number of benzene rings is 2. The van der Waals surface area contributed by atoms with Gasteiger partial charge >= 0.3 is 149 Å².